The minimum absolute atomic E-state index is 0.377. The number of hydrogen-bond donors (Lipinski definition) is 1. The summed E-state index contributed by atoms with van der Waals surface area (Å²) in [4.78, 5) is 0. The Kier molecular flexibility index (Phi) is 4.63. The summed E-state index contributed by atoms with van der Waals surface area (Å²) in [6.45, 7) is 5.33. The van der Waals surface area contributed by atoms with Crippen LogP contribution < -0.4 is 5.73 Å². The predicted octanol–water partition coefficient (Wildman–Crippen LogP) is 3.45. The summed E-state index contributed by atoms with van der Waals surface area (Å²) in [7, 11) is 0. The van der Waals surface area contributed by atoms with Crippen LogP contribution in [-0.2, 0) is 6.42 Å². The summed E-state index contributed by atoms with van der Waals surface area (Å²) in [5.74, 6) is 0. The number of nitrogens with two attached hydrogens (primary N) is 1. The van der Waals surface area contributed by atoms with Crippen molar-refractivity contribution in [3.63, 3.8) is 0 Å². The molecule has 2 N–H and O–H groups in total. The fourth-order valence-corrected chi connectivity index (χ4v) is 2.54. The maximum absolute atomic E-state index is 5.87. The van der Waals surface area contributed by atoms with Gasteiger partial charge in [-0.1, -0.05) is 13.8 Å². The van der Waals surface area contributed by atoms with Gasteiger partial charge < -0.3 is 5.73 Å². The Morgan fingerprint density at radius 1 is 1.36 bits per heavy atom. The van der Waals surface area contributed by atoms with E-state index in [2.05, 4.69) is 30.7 Å². The molecule has 0 fully saturated rings. The topological polar surface area (TPSA) is 26.0 Å². The zero-order chi connectivity index (χ0) is 10.4. The van der Waals surface area contributed by atoms with Crippen LogP contribution >= 0.6 is 11.3 Å². The Morgan fingerprint density at radius 2 is 2.07 bits per heavy atom. The molecule has 0 radical (unpaired) electrons. The lowest BCUT2D eigenvalue weighted by molar-refractivity contribution is 0.251. The zero-order valence-corrected chi connectivity index (χ0v) is 10.1. The highest BCUT2D eigenvalue weighted by atomic mass is 32.1. The van der Waals surface area contributed by atoms with Crippen molar-refractivity contribution < 1.29 is 0 Å². The van der Waals surface area contributed by atoms with Gasteiger partial charge in [0.05, 0.1) is 0 Å². The molecular weight excluding hydrogens is 190 g/mol. The van der Waals surface area contributed by atoms with E-state index in [1.807, 2.05) is 0 Å². The van der Waals surface area contributed by atoms with Crippen molar-refractivity contribution in [1.82, 2.24) is 0 Å². The lowest BCUT2D eigenvalue weighted by atomic mass is 9.78. The van der Waals surface area contributed by atoms with Crippen LogP contribution in [0.3, 0.4) is 0 Å². The average molecular weight is 211 g/mol. The molecule has 1 aromatic rings. The van der Waals surface area contributed by atoms with E-state index in [0.717, 1.165) is 6.54 Å². The van der Waals surface area contributed by atoms with Crippen LogP contribution in [0.15, 0.2) is 16.8 Å². The molecule has 2 heteroatoms. The monoisotopic (exact) mass is 211 g/mol. The Hall–Kier alpha value is -0.340. The molecule has 0 aromatic carbocycles. The van der Waals surface area contributed by atoms with Gasteiger partial charge in [0.25, 0.3) is 0 Å². The van der Waals surface area contributed by atoms with Gasteiger partial charge in [-0.05, 0) is 60.0 Å². The summed E-state index contributed by atoms with van der Waals surface area (Å²) in [6.07, 6.45) is 4.81. The Bertz CT molecular complexity index is 229. The zero-order valence-electron chi connectivity index (χ0n) is 9.25. The number of aryl methyl sites for hydroxylation is 1. The molecule has 0 amide bonds. The van der Waals surface area contributed by atoms with Crippen molar-refractivity contribution in [2.45, 2.75) is 39.5 Å². The highest BCUT2D eigenvalue weighted by molar-refractivity contribution is 7.07. The molecule has 0 saturated heterocycles. The predicted molar refractivity (Wildman–Crippen MR) is 64.7 cm³/mol. The van der Waals surface area contributed by atoms with Gasteiger partial charge in [0.2, 0.25) is 0 Å². The van der Waals surface area contributed by atoms with Crippen molar-refractivity contribution in [2.75, 3.05) is 6.54 Å². The summed E-state index contributed by atoms with van der Waals surface area (Å²) in [5, 5.41) is 4.39. The fraction of sp³-hybridized carbons (Fsp3) is 0.667. The van der Waals surface area contributed by atoms with Gasteiger partial charge in [-0.25, -0.2) is 0 Å². The number of hydrogen-bond acceptors (Lipinski definition) is 2. The van der Waals surface area contributed by atoms with Crippen molar-refractivity contribution in [2.24, 2.45) is 11.1 Å². The van der Waals surface area contributed by atoms with Gasteiger partial charge in [-0.3, -0.25) is 0 Å². The van der Waals surface area contributed by atoms with Gasteiger partial charge in [0.15, 0.2) is 0 Å². The second-order valence-electron chi connectivity index (χ2n) is 4.04. The molecule has 0 aliphatic carbocycles. The van der Waals surface area contributed by atoms with E-state index < -0.39 is 0 Å². The molecule has 0 aliphatic rings. The van der Waals surface area contributed by atoms with Gasteiger partial charge in [0.1, 0.15) is 0 Å². The lowest BCUT2D eigenvalue weighted by Crippen LogP contribution is -2.29. The molecule has 1 nitrogen and oxygen atoms in total. The van der Waals surface area contributed by atoms with E-state index in [1.54, 1.807) is 11.3 Å². The molecule has 1 heterocycles. The van der Waals surface area contributed by atoms with Crippen molar-refractivity contribution in [3.05, 3.63) is 22.4 Å². The van der Waals surface area contributed by atoms with Gasteiger partial charge in [-0.2, -0.15) is 11.3 Å². The second-order valence-corrected chi connectivity index (χ2v) is 4.82. The van der Waals surface area contributed by atoms with Crippen LogP contribution in [-0.4, -0.2) is 6.54 Å². The first-order valence-corrected chi connectivity index (χ1v) is 6.42. The SMILES string of the molecule is CCC(CC)(CN)CCc1ccsc1. The Labute approximate surface area is 91.3 Å². The third-order valence-corrected chi connectivity index (χ3v) is 4.19. The largest absolute Gasteiger partial charge is 0.330 e. The Balaban J connectivity index is 2.48. The number of thiophene rings is 1. The van der Waals surface area contributed by atoms with E-state index in [4.69, 9.17) is 5.73 Å². The van der Waals surface area contributed by atoms with E-state index in [-0.39, 0.29) is 0 Å². The highest BCUT2D eigenvalue weighted by Gasteiger charge is 2.23. The first-order valence-electron chi connectivity index (χ1n) is 5.47. The van der Waals surface area contributed by atoms with Crippen molar-refractivity contribution in [3.8, 4) is 0 Å². The molecule has 0 saturated carbocycles. The van der Waals surface area contributed by atoms with E-state index >= 15 is 0 Å². The molecule has 0 unspecified atom stereocenters. The number of rotatable bonds is 6. The quantitative estimate of drug-likeness (QED) is 0.766. The minimum atomic E-state index is 0.377. The summed E-state index contributed by atoms with van der Waals surface area (Å²) >= 11 is 1.78. The summed E-state index contributed by atoms with van der Waals surface area (Å²) in [5.41, 5.74) is 7.72. The third kappa shape index (κ3) is 2.82. The van der Waals surface area contributed by atoms with Crippen LogP contribution in [0.1, 0.15) is 38.7 Å². The van der Waals surface area contributed by atoms with E-state index in [1.165, 1.54) is 31.2 Å². The van der Waals surface area contributed by atoms with Crippen molar-refractivity contribution >= 4 is 11.3 Å². The van der Waals surface area contributed by atoms with Crippen molar-refractivity contribution in [1.29, 1.82) is 0 Å². The molecule has 0 bridgehead atoms. The second kappa shape index (κ2) is 5.52. The first kappa shape index (κ1) is 11.7. The molecule has 14 heavy (non-hydrogen) atoms. The average Bonchev–Trinajstić information content (AvgIpc) is 2.74. The highest BCUT2D eigenvalue weighted by Crippen LogP contribution is 2.30. The van der Waals surface area contributed by atoms with Crippen LogP contribution in [0.2, 0.25) is 0 Å². The van der Waals surface area contributed by atoms with Crippen LogP contribution in [0.25, 0.3) is 0 Å². The molecule has 0 aliphatic heterocycles. The Morgan fingerprint density at radius 3 is 2.50 bits per heavy atom. The maximum Gasteiger partial charge on any atom is -0.00206 e. The van der Waals surface area contributed by atoms with E-state index in [0.29, 0.717) is 5.41 Å². The molecule has 1 aromatic heterocycles. The summed E-state index contributed by atoms with van der Waals surface area (Å²) in [6, 6.07) is 2.22. The van der Waals surface area contributed by atoms with Crippen LogP contribution in [0.5, 0.6) is 0 Å². The first-order chi connectivity index (χ1) is 6.76. The lowest BCUT2D eigenvalue weighted by Gasteiger charge is -2.30. The van der Waals surface area contributed by atoms with E-state index in [9.17, 15) is 0 Å². The van der Waals surface area contributed by atoms with Gasteiger partial charge in [0, 0.05) is 0 Å². The standard InChI is InChI=1S/C12H21NS/c1-3-12(4-2,10-13)7-5-11-6-8-14-9-11/h6,8-9H,3-5,7,10,13H2,1-2H3. The van der Waals surface area contributed by atoms with Crippen LogP contribution in [0.4, 0.5) is 0 Å². The smallest absolute Gasteiger partial charge is 0.00206 e. The summed E-state index contributed by atoms with van der Waals surface area (Å²) < 4.78 is 0. The molecule has 0 spiro atoms. The van der Waals surface area contributed by atoms with Crippen LogP contribution in [0, 0.1) is 5.41 Å². The van der Waals surface area contributed by atoms with Gasteiger partial charge in [-0.15, -0.1) is 0 Å². The fourth-order valence-electron chi connectivity index (χ4n) is 1.84. The third-order valence-electron chi connectivity index (χ3n) is 3.46. The molecule has 1 rings (SSSR count). The normalized spacial score (nSPS) is 11.9. The molecular formula is C12H21NS. The maximum atomic E-state index is 5.87. The minimum Gasteiger partial charge on any atom is -0.330 e. The molecule has 80 valence electrons. The van der Waals surface area contributed by atoms with Gasteiger partial charge >= 0.3 is 0 Å². The molecule has 0 atom stereocenters.